The number of terminal acetylenes is 1. The average molecular weight is 171 g/mol. The Morgan fingerprint density at radius 1 is 1.38 bits per heavy atom. The van der Waals surface area contributed by atoms with Gasteiger partial charge in [-0.25, -0.2) is 0 Å². The van der Waals surface area contributed by atoms with Gasteiger partial charge in [0.05, 0.1) is 0 Å². The predicted octanol–water partition coefficient (Wildman–Crippen LogP) is 1.51. The lowest BCUT2D eigenvalue weighted by molar-refractivity contribution is 0.643. The SMILES string of the molecule is C#CCc1ccc2c(c1)CNCC2. The minimum absolute atomic E-state index is 0.743. The molecule has 1 aromatic rings. The van der Waals surface area contributed by atoms with Crippen molar-refractivity contribution in [2.24, 2.45) is 0 Å². The lowest BCUT2D eigenvalue weighted by atomic mass is 9.98. The first-order valence-corrected chi connectivity index (χ1v) is 4.65. The zero-order chi connectivity index (χ0) is 9.10. The zero-order valence-corrected chi connectivity index (χ0v) is 7.64. The van der Waals surface area contributed by atoms with Crippen molar-refractivity contribution in [2.75, 3.05) is 6.54 Å². The van der Waals surface area contributed by atoms with Crippen molar-refractivity contribution in [1.82, 2.24) is 5.32 Å². The van der Waals surface area contributed by atoms with E-state index in [0.717, 1.165) is 25.9 Å². The van der Waals surface area contributed by atoms with Crippen molar-refractivity contribution in [3.8, 4) is 12.3 Å². The molecule has 1 heterocycles. The van der Waals surface area contributed by atoms with Gasteiger partial charge < -0.3 is 5.32 Å². The number of rotatable bonds is 1. The molecule has 1 aromatic carbocycles. The molecule has 0 atom stereocenters. The Kier molecular flexibility index (Phi) is 2.33. The molecule has 1 nitrogen and oxygen atoms in total. The molecule has 0 bridgehead atoms. The van der Waals surface area contributed by atoms with Crippen molar-refractivity contribution >= 4 is 0 Å². The van der Waals surface area contributed by atoms with Gasteiger partial charge in [0.25, 0.3) is 0 Å². The third-order valence-corrected chi connectivity index (χ3v) is 2.46. The van der Waals surface area contributed by atoms with Crippen LogP contribution in [0, 0.1) is 12.3 Å². The van der Waals surface area contributed by atoms with Gasteiger partial charge in [0.1, 0.15) is 0 Å². The van der Waals surface area contributed by atoms with Crippen LogP contribution in [-0.2, 0) is 19.4 Å². The van der Waals surface area contributed by atoms with Crippen molar-refractivity contribution in [2.45, 2.75) is 19.4 Å². The van der Waals surface area contributed by atoms with Crippen molar-refractivity contribution in [1.29, 1.82) is 0 Å². The van der Waals surface area contributed by atoms with E-state index in [1.807, 2.05) is 0 Å². The summed E-state index contributed by atoms with van der Waals surface area (Å²) in [5.74, 6) is 2.67. The van der Waals surface area contributed by atoms with Gasteiger partial charge in [-0.1, -0.05) is 18.2 Å². The summed E-state index contributed by atoms with van der Waals surface area (Å²) in [6.07, 6.45) is 7.16. The smallest absolute Gasteiger partial charge is 0.0337 e. The number of benzene rings is 1. The van der Waals surface area contributed by atoms with Gasteiger partial charge in [0.2, 0.25) is 0 Å². The molecular formula is C12H13N. The Labute approximate surface area is 79.2 Å². The largest absolute Gasteiger partial charge is 0.312 e. The summed E-state index contributed by atoms with van der Waals surface area (Å²) in [5.41, 5.74) is 4.14. The molecule has 0 fully saturated rings. The Balaban J connectivity index is 2.31. The van der Waals surface area contributed by atoms with E-state index in [0.29, 0.717) is 0 Å². The van der Waals surface area contributed by atoms with Gasteiger partial charge >= 0.3 is 0 Å². The average Bonchev–Trinajstić information content (AvgIpc) is 2.18. The number of nitrogens with one attached hydrogen (secondary N) is 1. The molecule has 0 saturated carbocycles. The summed E-state index contributed by atoms with van der Waals surface area (Å²) in [7, 11) is 0. The molecule has 1 N–H and O–H groups in total. The Morgan fingerprint density at radius 3 is 3.15 bits per heavy atom. The van der Waals surface area contributed by atoms with Crippen molar-refractivity contribution in [3.63, 3.8) is 0 Å². The maximum absolute atomic E-state index is 5.27. The first kappa shape index (κ1) is 8.34. The fourth-order valence-corrected chi connectivity index (χ4v) is 1.76. The quantitative estimate of drug-likeness (QED) is 0.631. The van der Waals surface area contributed by atoms with E-state index in [1.54, 1.807) is 0 Å². The molecule has 0 saturated heterocycles. The molecule has 2 rings (SSSR count). The van der Waals surface area contributed by atoms with Gasteiger partial charge in [-0.3, -0.25) is 0 Å². The van der Waals surface area contributed by atoms with Crippen LogP contribution in [0.4, 0.5) is 0 Å². The molecule has 1 aliphatic rings. The van der Waals surface area contributed by atoms with Crippen LogP contribution >= 0.6 is 0 Å². The summed E-state index contributed by atoms with van der Waals surface area (Å²) in [5, 5.41) is 3.36. The van der Waals surface area contributed by atoms with Crippen LogP contribution in [0.5, 0.6) is 0 Å². The van der Waals surface area contributed by atoms with E-state index >= 15 is 0 Å². The fraction of sp³-hybridized carbons (Fsp3) is 0.333. The molecule has 0 unspecified atom stereocenters. The Bertz CT molecular complexity index is 347. The lowest BCUT2D eigenvalue weighted by Gasteiger charge is -2.17. The number of fused-ring (bicyclic) bond motifs is 1. The van der Waals surface area contributed by atoms with Gasteiger partial charge in [-0.15, -0.1) is 12.3 Å². The normalized spacial score (nSPS) is 14.7. The molecule has 0 amide bonds. The third kappa shape index (κ3) is 1.74. The monoisotopic (exact) mass is 171 g/mol. The van der Waals surface area contributed by atoms with E-state index in [1.165, 1.54) is 16.7 Å². The number of hydrogen-bond acceptors (Lipinski definition) is 1. The molecule has 0 aliphatic carbocycles. The molecule has 66 valence electrons. The molecule has 1 heteroatoms. The molecule has 0 radical (unpaired) electrons. The summed E-state index contributed by atoms with van der Waals surface area (Å²) < 4.78 is 0. The van der Waals surface area contributed by atoms with Gasteiger partial charge in [0, 0.05) is 13.0 Å². The lowest BCUT2D eigenvalue weighted by Crippen LogP contribution is -2.23. The highest BCUT2D eigenvalue weighted by atomic mass is 14.9. The highest BCUT2D eigenvalue weighted by molar-refractivity contribution is 5.35. The van der Waals surface area contributed by atoms with Crippen LogP contribution in [0.2, 0.25) is 0 Å². The maximum atomic E-state index is 5.27. The highest BCUT2D eigenvalue weighted by Gasteiger charge is 2.07. The van der Waals surface area contributed by atoms with Crippen LogP contribution < -0.4 is 5.32 Å². The molecular weight excluding hydrogens is 158 g/mol. The zero-order valence-electron chi connectivity index (χ0n) is 7.64. The molecule has 1 aliphatic heterocycles. The van der Waals surface area contributed by atoms with Crippen LogP contribution in [0.1, 0.15) is 16.7 Å². The summed E-state index contributed by atoms with van der Waals surface area (Å²) in [6, 6.07) is 6.58. The van der Waals surface area contributed by atoms with Crippen molar-refractivity contribution < 1.29 is 0 Å². The minimum atomic E-state index is 0.743. The molecule has 0 spiro atoms. The standard InChI is InChI=1S/C12H13N/c1-2-3-10-4-5-11-6-7-13-9-12(11)8-10/h1,4-5,8,13H,3,6-7,9H2. The van der Waals surface area contributed by atoms with E-state index in [4.69, 9.17) is 6.42 Å². The first-order valence-electron chi connectivity index (χ1n) is 4.65. The summed E-state index contributed by atoms with van der Waals surface area (Å²) in [4.78, 5) is 0. The topological polar surface area (TPSA) is 12.0 Å². The first-order chi connectivity index (χ1) is 6.40. The van der Waals surface area contributed by atoms with E-state index < -0.39 is 0 Å². The fourth-order valence-electron chi connectivity index (χ4n) is 1.76. The van der Waals surface area contributed by atoms with E-state index in [9.17, 15) is 0 Å². The summed E-state index contributed by atoms with van der Waals surface area (Å²) in [6.45, 7) is 2.09. The van der Waals surface area contributed by atoms with Gasteiger partial charge in [0.15, 0.2) is 0 Å². The third-order valence-electron chi connectivity index (χ3n) is 2.46. The summed E-state index contributed by atoms with van der Waals surface area (Å²) >= 11 is 0. The Hall–Kier alpha value is -1.26. The van der Waals surface area contributed by atoms with Crippen LogP contribution in [0.25, 0.3) is 0 Å². The van der Waals surface area contributed by atoms with Gasteiger partial charge in [-0.2, -0.15) is 0 Å². The molecule has 13 heavy (non-hydrogen) atoms. The van der Waals surface area contributed by atoms with Crippen molar-refractivity contribution in [3.05, 3.63) is 34.9 Å². The number of hydrogen-bond donors (Lipinski definition) is 1. The maximum Gasteiger partial charge on any atom is 0.0337 e. The second-order valence-corrected chi connectivity index (χ2v) is 3.41. The van der Waals surface area contributed by atoms with Gasteiger partial charge in [-0.05, 0) is 29.7 Å². The minimum Gasteiger partial charge on any atom is -0.312 e. The highest BCUT2D eigenvalue weighted by Crippen LogP contribution is 2.15. The van der Waals surface area contributed by atoms with E-state index in [2.05, 4.69) is 29.4 Å². The van der Waals surface area contributed by atoms with Crippen LogP contribution in [-0.4, -0.2) is 6.54 Å². The van der Waals surface area contributed by atoms with Crippen LogP contribution in [0.3, 0.4) is 0 Å². The second kappa shape index (κ2) is 3.64. The second-order valence-electron chi connectivity index (χ2n) is 3.41. The predicted molar refractivity (Wildman–Crippen MR) is 54.4 cm³/mol. The van der Waals surface area contributed by atoms with E-state index in [-0.39, 0.29) is 0 Å². The Morgan fingerprint density at radius 2 is 2.31 bits per heavy atom. The van der Waals surface area contributed by atoms with Crippen LogP contribution in [0.15, 0.2) is 18.2 Å². The molecule has 0 aromatic heterocycles.